The second kappa shape index (κ2) is 11.0. The molecule has 0 spiro atoms. The molecule has 0 amide bonds. The van der Waals surface area contributed by atoms with Gasteiger partial charge >= 0.3 is 0 Å². The third-order valence-corrected chi connectivity index (χ3v) is 2.42. The first kappa shape index (κ1) is 14.5. The van der Waals surface area contributed by atoms with E-state index < -0.39 is 0 Å². The number of hydrogen-bond acceptors (Lipinski definition) is 0. The molecule has 2 N–H and O–H groups in total. The van der Waals surface area contributed by atoms with Crippen molar-refractivity contribution in [1.29, 1.82) is 0 Å². The predicted octanol–water partition coefficient (Wildman–Crippen LogP) is 3.57. The van der Waals surface area contributed by atoms with Crippen molar-refractivity contribution in [1.82, 2.24) is 0 Å². The minimum Gasteiger partial charge on any atom is -0.412 e. The van der Waals surface area contributed by atoms with Crippen LogP contribution < -0.4 is 0 Å². The largest absolute Gasteiger partial charge is 0.412 e. The molecule has 0 saturated heterocycles. The highest BCUT2D eigenvalue weighted by Crippen LogP contribution is 2.26. The van der Waals surface area contributed by atoms with Crippen molar-refractivity contribution in [2.45, 2.75) is 65.7 Å². The van der Waals surface area contributed by atoms with Gasteiger partial charge in [-0.25, -0.2) is 0 Å². The van der Waals surface area contributed by atoms with Crippen LogP contribution in [0, 0.1) is 5.92 Å². The molecule has 0 aromatic rings. The van der Waals surface area contributed by atoms with Crippen molar-refractivity contribution in [2.24, 2.45) is 5.92 Å². The summed E-state index contributed by atoms with van der Waals surface area (Å²) >= 11 is 0. The molecule has 1 heteroatoms. The molecule has 1 fully saturated rings. The van der Waals surface area contributed by atoms with Crippen molar-refractivity contribution in [2.75, 3.05) is 0 Å². The molecule has 76 valence electrons. The van der Waals surface area contributed by atoms with Gasteiger partial charge in [-0.15, -0.1) is 0 Å². The molecule has 0 heterocycles. The maximum absolute atomic E-state index is 2.30. The van der Waals surface area contributed by atoms with Gasteiger partial charge in [0.1, 0.15) is 0 Å². The van der Waals surface area contributed by atoms with Crippen molar-refractivity contribution in [3.8, 4) is 0 Å². The summed E-state index contributed by atoms with van der Waals surface area (Å²) in [6, 6.07) is 0. The van der Waals surface area contributed by atoms with Gasteiger partial charge in [-0.2, -0.15) is 0 Å². The van der Waals surface area contributed by atoms with Crippen LogP contribution in [0.15, 0.2) is 0 Å². The monoisotopic (exact) mass is 174 g/mol. The third kappa shape index (κ3) is 6.66. The summed E-state index contributed by atoms with van der Waals surface area (Å²) in [5.74, 6) is 1.10. The summed E-state index contributed by atoms with van der Waals surface area (Å²) in [6.45, 7) is 6.30. The molecule has 0 unspecified atom stereocenters. The molecule has 0 aliphatic heterocycles. The smallest absolute Gasteiger partial charge is 0.0414 e. The van der Waals surface area contributed by atoms with Gasteiger partial charge in [0, 0.05) is 0 Å². The summed E-state index contributed by atoms with van der Waals surface area (Å²) in [4.78, 5) is 0. The van der Waals surface area contributed by atoms with Gasteiger partial charge in [-0.1, -0.05) is 65.7 Å². The Kier molecular flexibility index (Phi) is 13.2. The standard InChI is InChI=1S/C9H18.C2H6.H2O/c1-2-6-9-7-4-3-5-8-9;1-2;/h9H,2-8H2,1H3;1-2H3;1H2. The summed E-state index contributed by atoms with van der Waals surface area (Å²) in [6.07, 6.45) is 10.4. The van der Waals surface area contributed by atoms with E-state index in [4.69, 9.17) is 0 Å². The Labute approximate surface area is 77.9 Å². The fraction of sp³-hybridized carbons (Fsp3) is 1.00. The van der Waals surface area contributed by atoms with Crippen molar-refractivity contribution in [3.05, 3.63) is 0 Å². The second-order valence-electron chi connectivity index (χ2n) is 3.29. The zero-order valence-electron chi connectivity index (χ0n) is 9.03. The minimum atomic E-state index is 0. The zero-order valence-corrected chi connectivity index (χ0v) is 9.03. The van der Waals surface area contributed by atoms with Crippen LogP contribution >= 0.6 is 0 Å². The summed E-state index contributed by atoms with van der Waals surface area (Å²) < 4.78 is 0. The van der Waals surface area contributed by atoms with E-state index in [0.717, 1.165) is 5.92 Å². The fourth-order valence-corrected chi connectivity index (χ4v) is 1.88. The molecular weight excluding hydrogens is 148 g/mol. The molecule has 1 nitrogen and oxygen atoms in total. The number of hydrogen-bond donors (Lipinski definition) is 0. The van der Waals surface area contributed by atoms with Crippen molar-refractivity contribution in [3.63, 3.8) is 0 Å². The highest BCUT2D eigenvalue weighted by molar-refractivity contribution is 4.64. The maximum atomic E-state index is 2.30. The van der Waals surface area contributed by atoms with Crippen LogP contribution in [0.1, 0.15) is 65.7 Å². The Bertz CT molecular complexity index is 62.6. The molecule has 1 saturated carbocycles. The first-order valence-corrected chi connectivity index (χ1v) is 5.43. The Morgan fingerprint density at radius 1 is 1.00 bits per heavy atom. The summed E-state index contributed by atoms with van der Waals surface area (Å²) in [5, 5.41) is 0. The van der Waals surface area contributed by atoms with Gasteiger partial charge in [-0.05, 0) is 5.92 Å². The zero-order chi connectivity index (χ0) is 8.53. The molecule has 0 radical (unpaired) electrons. The van der Waals surface area contributed by atoms with Gasteiger partial charge in [-0.3, -0.25) is 0 Å². The lowest BCUT2D eigenvalue weighted by molar-refractivity contribution is 0.336. The van der Waals surface area contributed by atoms with E-state index in [1.165, 1.54) is 44.9 Å². The highest BCUT2D eigenvalue weighted by atomic mass is 16.0. The summed E-state index contributed by atoms with van der Waals surface area (Å²) in [7, 11) is 0. The first-order chi connectivity index (χ1) is 5.43. The van der Waals surface area contributed by atoms with E-state index in [1.54, 1.807) is 0 Å². The lowest BCUT2D eigenvalue weighted by atomic mass is 9.86. The van der Waals surface area contributed by atoms with Crippen LogP contribution in [0.2, 0.25) is 0 Å². The van der Waals surface area contributed by atoms with Crippen LogP contribution in [-0.2, 0) is 0 Å². The molecule has 0 aromatic heterocycles. The predicted molar refractivity (Wildman–Crippen MR) is 56.4 cm³/mol. The molecule has 1 aliphatic carbocycles. The molecule has 12 heavy (non-hydrogen) atoms. The quantitative estimate of drug-likeness (QED) is 0.613. The van der Waals surface area contributed by atoms with E-state index in [-0.39, 0.29) is 5.48 Å². The normalized spacial score (nSPS) is 17.2. The number of rotatable bonds is 2. The maximum Gasteiger partial charge on any atom is -0.0414 e. The third-order valence-electron chi connectivity index (χ3n) is 2.42. The van der Waals surface area contributed by atoms with Gasteiger partial charge in [0.05, 0.1) is 0 Å². The van der Waals surface area contributed by atoms with Crippen molar-refractivity contribution < 1.29 is 5.48 Å². The van der Waals surface area contributed by atoms with E-state index >= 15 is 0 Å². The first-order valence-electron chi connectivity index (χ1n) is 5.43. The molecule has 0 bridgehead atoms. The lowest BCUT2D eigenvalue weighted by Crippen LogP contribution is -2.04. The van der Waals surface area contributed by atoms with Crippen LogP contribution in [0.5, 0.6) is 0 Å². The molecular formula is C11H26O. The van der Waals surface area contributed by atoms with Crippen molar-refractivity contribution >= 4 is 0 Å². The topological polar surface area (TPSA) is 31.5 Å². The molecule has 0 aromatic carbocycles. The Hall–Kier alpha value is -0.0400. The SMILES string of the molecule is CC.CCCC1CCCCC1.O. The van der Waals surface area contributed by atoms with Gasteiger partial charge in [0.15, 0.2) is 0 Å². The van der Waals surface area contributed by atoms with Crippen LogP contribution in [0.25, 0.3) is 0 Å². The second-order valence-corrected chi connectivity index (χ2v) is 3.29. The van der Waals surface area contributed by atoms with Gasteiger partial charge in [0.25, 0.3) is 0 Å². The molecule has 1 rings (SSSR count). The minimum absolute atomic E-state index is 0. The summed E-state index contributed by atoms with van der Waals surface area (Å²) in [5.41, 5.74) is 0. The fourth-order valence-electron chi connectivity index (χ4n) is 1.88. The van der Waals surface area contributed by atoms with E-state index in [2.05, 4.69) is 6.92 Å². The van der Waals surface area contributed by atoms with E-state index in [9.17, 15) is 0 Å². The molecule has 1 aliphatic rings. The van der Waals surface area contributed by atoms with Gasteiger partial charge in [0.2, 0.25) is 0 Å². The Morgan fingerprint density at radius 2 is 1.50 bits per heavy atom. The Morgan fingerprint density at radius 3 is 1.92 bits per heavy atom. The van der Waals surface area contributed by atoms with Crippen LogP contribution in [0.4, 0.5) is 0 Å². The van der Waals surface area contributed by atoms with Crippen LogP contribution in [0.3, 0.4) is 0 Å². The lowest BCUT2D eigenvalue weighted by Gasteiger charge is -2.20. The molecule has 0 atom stereocenters. The van der Waals surface area contributed by atoms with E-state index in [0.29, 0.717) is 0 Å². The average Bonchev–Trinajstić information content (AvgIpc) is 2.11. The average molecular weight is 174 g/mol. The Balaban J connectivity index is 0. The van der Waals surface area contributed by atoms with Gasteiger partial charge < -0.3 is 5.48 Å². The highest BCUT2D eigenvalue weighted by Gasteiger charge is 2.10. The van der Waals surface area contributed by atoms with Crippen LogP contribution in [-0.4, -0.2) is 5.48 Å². The van der Waals surface area contributed by atoms with E-state index in [1.807, 2.05) is 13.8 Å².